The first-order valence-electron chi connectivity index (χ1n) is 10.4. The zero-order chi connectivity index (χ0) is 18.3. The molecule has 6 nitrogen and oxygen atoms in total. The molecular weight excluding hydrogens is 330 g/mol. The van der Waals surface area contributed by atoms with E-state index in [9.17, 15) is 9.59 Å². The fraction of sp³-hybridized carbons (Fsp3) is 0.900. The minimum atomic E-state index is -0.420. The van der Waals surface area contributed by atoms with E-state index in [0.29, 0.717) is 56.1 Å². The molecular formula is C20H33N3O3. The zero-order valence-electron chi connectivity index (χ0n) is 16.2. The van der Waals surface area contributed by atoms with Crippen molar-refractivity contribution in [3.05, 3.63) is 0 Å². The number of morpholine rings is 1. The summed E-state index contributed by atoms with van der Waals surface area (Å²) in [4.78, 5) is 30.0. The monoisotopic (exact) mass is 363 g/mol. The Bertz CT molecular complexity index is 539. The van der Waals surface area contributed by atoms with Gasteiger partial charge in [-0.3, -0.25) is 4.79 Å². The Morgan fingerprint density at radius 3 is 2.27 bits per heavy atom. The molecule has 3 saturated heterocycles. The molecule has 146 valence electrons. The molecule has 6 heteroatoms. The van der Waals surface area contributed by atoms with Gasteiger partial charge in [0, 0.05) is 25.2 Å². The minimum absolute atomic E-state index is 0.0136. The third-order valence-corrected chi connectivity index (χ3v) is 6.77. The highest BCUT2D eigenvalue weighted by molar-refractivity contribution is 5.87. The van der Waals surface area contributed by atoms with Crippen LogP contribution in [0.2, 0.25) is 0 Å². The van der Waals surface area contributed by atoms with Crippen molar-refractivity contribution in [3.8, 4) is 0 Å². The molecule has 2 unspecified atom stereocenters. The highest BCUT2D eigenvalue weighted by Crippen LogP contribution is 2.59. The summed E-state index contributed by atoms with van der Waals surface area (Å²) in [6.07, 6.45) is 7.99. The Morgan fingerprint density at radius 1 is 1.12 bits per heavy atom. The lowest BCUT2D eigenvalue weighted by atomic mass is 9.88. The van der Waals surface area contributed by atoms with Gasteiger partial charge >= 0.3 is 6.03 Å². The number of piperidine rings is 1. The van der Waals surface area contributed by atoms with E-state index in [-0.39, 0.29) is 11.9 Å². The molecule has 3 aliphatic heterocycles. The molecule has 1 N–H and O–H groups in total. The molecule has 4 aliphatic rings. The van der Waals surface area contributed by atoms with Crippen LogP contribution in [0.3, 0.4) is 0 Å². The van der Waals surface area contributed by atoms with E-state index >= 15 is 0 Å². The van der Waals surface area contributed by atoms with E-state index in [1.807, 2.05) is 4.90 Å². The lowest BCUT2D eigenvalue weighted by molar-refractivity contribution is -0.137. The normalized spacial score (nSPS) is 30.6. The summed E-state index contributed by atoms with van der Waals surface area (Å²) in [6.45, 7) is 6.64. The quantitative estimate of drug-likeness (QED) is 0.834. The molecule has 0 radical (unpaired) electrons. The van der Waals surface area contributed by atoms with Gasteiger partial charge in [0.2, 0.25) is 5.91 Å². The Morgan fingerprint density at radius 2 is 1.73 bits per heavy atom. The van der Waals surface area contributed by atoms with E-state index in [1.165, 1.54) is 25.7 Å². The summed E-state index contributed by atoms with van der Waals surface area (Å²) in [6, 6.07) is 0.334. The summed E-state index contributed by atoms with van der Waals surface area (Å²) in [5.41, 5.74) is 0.559. The predicted molar refractivity (Wildman–Crippen MR) is 98.7 cm³/mol. The summed E-state index contributed by atoms with van der Waals surface area (Å²) in [5, 5.41) is 3.12. The predicted octanol–water partition coefficient (Wildman–Crippen LogP) is 2.38. The van der Waals surface area contributed by atoms with Gasteiger partial charge in [-0.1, -0.05) is 13.8 Å². The lowest BCUT2D eigenvalue weighted by Gasteiger charge is -2.40. The molecule has 1 spiro atoms. The van der Waals surface area contributed by atoms with E-state index in [2.05, 4.69) is 24.1 Å². The first-order valence-corrected chi connectivity index (χ1v) is 10.4. The average Bonchev–Trinajstić information content (AvgIpc) is 3.30. The summed E-state index contributed by atoms with van der Waals surface area (Å²) in [7, 11) is 0. The molecule has 4 rings (SSSR count). The minimum Gasteiger partial charge on any atom is -0.378 e. The maximum atomic E-state index is 13.1. The zero-order valence-corrected chi connectivity index (χ0v) is 16.2. The van der Waals surface area contributed by atoms with Crippen LogP contribution in [0.25, 0.3) is 0 Å². The van der Waals surface area contributed by atoms with Crippen molar-refractivity contribution in [1.29, 1.82) is 0 Å². The number of ether oxygens (including phenoxy) is 1. The van der Waals surface area contributed by atoms with Gasteiger partial charge in [0.25, 0.3) is 0 Å². The average molecular weight is 364 g/mol. The maximum Gasteiger partial charge on any atom is 0.318 e. The van der Waals surface area contributed by atoms with Crippen LogP contribution in [0.5, 0.6) is 0 Å². The number of nitrogens with zero attached hydrogens (tertiary/aromatic N) is 2. The molecule has 3 heterocycles. The molecule has 0 aromatic heterocycles. The van der Waals surface area contributed by atoms with Gasteiger partial charge in [-0.2, -0.15) is 0 Å². The van der Waals surface area contributed by atoms with Gasteiger partial charge in [-0.25, -0.2) is 4.79 Å². The number of carbonyl (C=O) groups is 2. The third kappa shape index (κ3) is 3.57. The lowest BCUT2D eigenvalue weighted by Crippen LogP contribution is -2.57. The molecule has 4 fully saturated rings. The number of hydrogen-bond acceptors (Lipinski definition) is 3. The Hall–Kier alpha value is -1.30. The van der Waals surface area contributed by atoms with Crippen molar-refractivity contribution in [2.45, 2.75) is 76.9 Å². The van der Waals surface area contributed by atoms with Crippen molar-refractivity contribution < 1.29 is 14.3 Å². The number of hydrogen-bond donors (Lipinski definition) is 1. The van der Waals surface area contributed by atoms with E-state index in [4.69, 9.17) is 4.74 Å². The second-order valence-corrected chi connectivity index (χ2v) is 9.27. The van der Waals surface area contributed by atoms with Crippen LogP contribution in [0.4, 0.5) is 4.79 Å². The van der Waals surface area contributed by atoms with Crippen molar-refractivity contribution in [3.63, 3.8) is 0 Å². The maximum absolute atomic E-state index is 13.1. The first kappa shape index (κ1) is 18.1. The van der Waals surface area contributed by atoms with E-state index in [1.54, 1.807) is 0 Å². The van der Waals surface area contributed by atoms with Crippen molar-refractivity contribution in [2.75, 3.05) is 26.3 Å². The van der Waals surface area contributed by atoms with Crippen molar-refractivity contribution in [2.24, 2.45) is 11.3 Å². The van der Waals surface area contributed by atoms with Gasteiger partial charge < -0.3 is 19.9 Å². The van der Waals surface area contributed by atoms with Crippen LogP contribution in [0, 0.1) is 11.3 Å². The van der Waals surface area contributed by atoms with Crippen LogP contribution in [0.15, 0.2) is 0 Å². The number of carbonyl (C=O) groups excluding carboxylic acids is 2. The van der Waals surface area contributed by atoms with Gasteiger partial charge in [0.05, 0.1) is 13.2 Å². The number of nitrogens with one attached hydrogen (secondary N) is 1. The van der Waals surface area contributed by atoms with Crippen molar-refractivity contribution in [1.82, 2.24) is 15.1 Å². The Labute approximate surface area is 156 Å². The Kier molecular flexibility index (Phi) is 4.88. The van der Waals surface area contributed by atoms with E-state index in [0.717, 1.165) is 12.8 Å². The van der Waals surface area contributed by atoms with Gasteiger partial charge in [-0.15, -0.1) is 0 Å². The number of urea groups is 1. The molecule has 1 aliphatic carbocycles. The third-order valence-electron chi connectivity index (χ3n) is 6.77. The highest BCUT2D eigenvalue weighted by atomic mass is 16.5. The first-order chi connectivity index (χ1) is 12.5. The summed E-state index contributed by atoms with van der Waals surface area (Å²) < 4.78 is 5.36. The molecule has 26 heavy (non-hydrogen) atoms. The molecule has 0 aromatic carbocycles. The van der Waals surface area contributed by atoms with Crippen LogP contribution >= 0.6 is 0 Å². The SMILES string of the molecule is CC(C)C[C@H](NC(=O)N1C2CCC1CC1(CC1)C2)C(=O)N1CCOCC1. The number of fused-ring (bicyclic) bond motifs is 2. The second-order valence-electron chi connectivity index (χ2n) is 9.27. The fourth-order valence-corrected chi connectivity index (χ4v) is 5.28. The Balaban J connectivity index is 1.41. The number of amides is 3. The smallest absolute Gasteiger partial charge is 0.318 e. The van der Waals surface area contributed by atoms with Crippen LogP contribution in [-0.2, 0) is 9.53 Å². The highest BCUT2D eigenvalue weighted by Gasteiger charge is 2.55. The molecule has 3 amide bonds. The second kappa shape index (κ2) is 7.02. The van der Waals surface area contributed by atoms with Crippen LogP contribution in [-0.4, -0.2) is 66.2 Å². The summed E-state index contributed by atoms with van der Waals surface area (Å²) in [5.74, 6) is 0.413. The van der Waals surface area contributed by atoms with Gasteiger partial charge in [0.15, 0.2) is 0 Å². The van der Waals surface area contributed by atoms with Gasteiger partial charge in [0.1, 0.15) is 6.04 Å². The molecule has 1 saturated carbocycles. The van der Waals surface area contributed by atoms with E-state index < -0.39 is 6.04 Å². The standard InChI is InChI=1S/C20H33N3O3/c1-14(2)11-17(18(24)22-7-9-26-10-8-22)21-19(25)23-15-3-4-16(23)13-20(12-15)5-6-20/h14-17H,3-13H2,1-2H3,(H,21,25)/t15?,16?,17-/m0/s1. The fourth-order valence-electron chi connectivity index (χ4n) is 5.28. The molecule has 2 bridgehead atoms. The topological polar surface area (TPSA) is 61.9 Å². The molecule has 0 aromatic rings. The van der Waals surface area contributed by atoms with Crippen molar-refractivity contribution >= 4 is 11.9 Å². The van der Waals surface area contributed by atoms with Crippen LogP contribution < -0.4 is 5.32 Å². The largest absolute Gasteiger partial charge is 0.378 e. The van der Waals surface area contributed by atoms with Gasteiger partial charge in [-0.05, 0) is 56.3 Å². The molecule has 3 atom stereocenters. The van der Waals surface area contributed by atoms with Crippen LogP contribution in [0.1, 0.15) is 58.8 Å². The number of rotatable bonds is 4. The summed E-state index contributed by atoms with van der Waals surface area (Å²) >= 11 is 0.